The van der Waals surface area contributed by atoms with Crippen LogP contribution in [0.1, 0.15) is 19.3 Å². The summed E-state index contributed by atoms with van der Waals surface area (Å²) in [6.45, 7) is 0. The van der Waals surface area contributed by atoms with E-state index in [1.165, 1.54) is 0 Å². The van der Waals surface area contributed by atoms with Crippen molar-refractivity contribution in [3.8, 4) is 0 Å². The number of aliphatic carboxylic acids is 3. The SMILES string of the molecule is N[C@@H](CC(=O)O)C(=O)N(C(=O)[C@@H](N)CC(=O)O)C(=O)[C@@H](N)CC(=O)O. The van der Waals surface area contributed by atoms with Gasteiger partial charge in [-0.05, 0) is 0 Å². The molecule has 0 unspecified atom stereocenters. The van der Waals surface area contributed by atoms with Crippen molar-refractivity contribution in [2.45, 2.75) is 37.4 Å². The largest absolute Gasteiger partial charge is 0.481 e. The first kappa shape index (κ1) is 22.1. The molecule has 0 aliphatic rings. The molecule has 0 aliphatic carbocycles. The Morgan fingerprint density at radius 1 is 0.600 bits per heavy atom. The minimum Gasteiger partial charge on any atom is -0.481 e. The first-order chi connectivity index (χ1) is 11.4. The Kier molecular flexibility index (Phi) is 8.32. The fourth-order valence-corrected chi connectivity index (χ4v) is 1.65. The van der Waals surface area contributed by atoms with Crippen molar-refractivity contribution in [2.24, 2.45) is 17.2 Å². The molecule has 25 heavy (non-hydrogen) atoms. The summed E-state index contributed by atoms with van der Waals surface area (Å²) in [7, 11) is 0. The van der Waals surface area contributed by atoms with Crippen molar-refractivity contribution in [1.82, 2.24) is 4.90 Å². The van der Waals surface area contributed by atoms with E-state index in [0.29, 0.717) is 0 Å². The fourth-order valence-electron chi connectivity index (χ4n) is 1.65. The molecule has 3 amide bonds. The molecule has 0 saturated heterocycles. The maximum absolute atomic E-state index is 12.1. The Bertz CT molecular complexity index is 510. The summed E-state index contributed by atoms with van der Waals surface area (Å²) < 4.78 is 0. The molecule has 0 aromatic rings. The Hall–Kier alpha value is -2.90. The van der Waals surface area contributed by atoms with Crippen molar-refractivity contribution in [3.63, 3.8) is 0 Å². The average Bonchev–Trinajstić information content (AvgIpc) is 2.44. The lowest BCUT2D eigenvalue weighted by Gasteiger charge is -2.26. The quantitative estimate of drug-likeness (QED) is 0.232. The Balaban J connectivity index is 5.63. The highest BCUT2D eigenvalue weighted by Gasteiger charge is 2.39. The lowest BCUT2D eigenvalue weighted by Crippen LogP contribution is -2.59. The summed E-state index contributed by atoms with van der Waals surface area (Å²) in [5, 5.41) is 25.9. The minimum absolute atomic E-state index is 0.186. The summed E-state index contributed by atoms with van der Waals surface area (Å²) in [4.78, 5) is 68.0. The van der Waals surface area contributed by atoms with Crippen LogP contribution in [-0.2, 0) is 28.8 Å². The van der Waals surface area contributed by atoms with Crippen LogP contribution < -0.4 is 17.2 Å². The summed E-state index contributed by atoms with van der Waals surface area (Å²) in [5.74, 6) is -8.99. The molecule has 9 N–H and O–H groups in total. The Morgan fingerprint density at radius 3 is 0.960 bits per heavy atom. The van der Waals surface area contributed by atoms with Crippen LogP contribution >= 0.6 is 0 Å². The van der Waals surface area contributed by atoms with Crippen LogP contribution in [-0.4, -0.2) is 74.0 Å². The number of nitrogens with zero attached hydrogens (tertiary/aromatic N) is 1. The normalized spacial score (nSPS) is 14.0. The van der Waals surface area contributed by atoms with Crippen LogP contribution in [0.2, 0.25) is 0 Å². The zero-order chi connectivity index (χ0) is 19.9. The number of amides is 3. The minimum atomic E-state index is -1.83. The number of carboxylic acids is 3. The van der Waals surface area contributed by atoms with Crippen LogP contribution in [0.4, 0.5) is 0 Å². The number of nitrogens with two attached hydrogens (primary N) is 3. The van der Waals surface area contributed by atoms with Gasteiger partial charge < -0.3 is 32.5 Å². The lowest BCUT2D eigenvalue weighted by atomic mass is 10.1. The van der Waals surface area contributed by atoms with Gasteiger partial charge >= 0.3 is 17.9 Å². The summed E-state index contributed by atoms with van der Waals surface area (Å²) >= 11 is 0. The smallest absolute Gasteiger partial charge is 0.305 e. The average molecular weight is 362 g/mol. The molecule has 0 aromatic heterocycles. The third-order valence-corrected chi connectivity index (χ3v) is 2.80. The van der Waals surface area contributed by atoms with Crippen molar-refractivity contribution in [2.75, 3.05) is 0 Å². The number of carbonyl (C=O) groups excluding carboxylic acids is 3. The van der Waals surface area contributed by atoms with E-state index in [0.717, 1.165) is 0 Å². The summed E-state index contributed by atoms with van der Waals surface area (Å²) in [5.41, 5.74) is 15.9. The highest BCUT2D eigenvalue weighted by atomic mass is 16.4. The van der Waals surface area contributed by atoms with Crippen molar-refractivity contribution in [3.05, 3.63) is 0 Å². The van der Waals surface area contributed by atoms with Crippen molar-refractivity contribution in [1.29, 1.82) is 0 Å². The van der Waals surface area contributed by atoms with Gasteiger partial charge in [0.15, 0.2) is 0 Å². The van der Waals surface area contributed by atoms with Crippen LogP contribution in [0.3, 0.4) is 0 Å². The van der Waals surface area contributed by atoms with Gasteiger partial charge in [-0.15, -0.1) is 0 Å². The molecule has 140 valence electrons. The molecule has 0 radical (unpaired) electrons. The van der Waals surface area contributed by atoms with Crippen LogP contribution in [0, 0.1) is 0 Å². The van der Waals surface area contributed by atoms with Gasteiger partial charge in [-0.1, -0.05) is 0 Å². The number of hydrogen-bond acceptors (Lipinski definition) is 9. The number of carboxylic acid groups (broad SMARTS) is 3. The number of hydrogen-bond donors (Lipinski definition) is 6. The first-order valence-electron chi connectivity index (χ1n) is 6.72. The molecule has 0 spiro atoms. The molecular weight excluding hydrogens is 344 g/mol. The van der Waals surface area contributed by atoms with E-state index in [1.807, 2.05) is 0 Å². The molecular formula is C12H18N4O9. The maximum atomic E-state index is 12.1. The van der Waals surface area contributed by atoms with Crippen LogP contribution in [0.15, 0.2) is 0 Å². The highest BCUT2D eigenvalue weighted by Crippen LogP contribution is 2.07. The predicted octanol–water partition coefficient (Wildman–Crippen LogP) is -3.73. The van der Waals surface area contributed by atoms with E-state index in [2.05, 4.69) is 0 Å². The molecule has 13 nitrogen and oxygen atoms in total. The lowest BCUT2D eigenvalue weighted by molar-refractivity contribution is -0.159. The highest BCUT2D eigenvalue weighted by molar-refractivity contribution is 6.15. The zero-order valence-electron chi connectivity index (χ0n) is 12.8. The topological polar surface area (TPSA) is 244 Å². The van der Waals surface area contributed by atoms with Gasteiger partial charge in [-0.25, -0.2) is 4.90 Å². The first-order valence-corrected chi connectivity index (χ1v) is 6.72. The standard InChI is InChI=1S/C12H18N4O9/c13-4(1-7(17)18)10(23)16(11(24)5(14)2-8(19)20)12(25)6(15)3-9(21)22/h4-6H,1-3,13-15H2,(H,17,18)(H,19,20)(H,21,22)/t4-,5-,6-/m0/s1. The molecule has 0 bridgehead atoms. The summed E-state index contributed by atoms with van der Waals surface area (Å²) in [6, 6.07) is -5.50. The van der Waals surface area contributed by atoms with E-state index in [9.17, 15) is 28.8 Å². The monoisotopic (exact) mass is 362 g/mol. The molecule has 13 heteroatoms. The molecule has 0 heterocycles. The van der Waals surface area contributed by atoms with Crippen LogP contribution in [0.25, 0.3) is 0 Å². The predicted molar refractivity (Wildman–Crippen MR) is 77.5 cm³/mol. The molecule has 3 atom stereocenters. The molecule has 0 rings (SSSR count). The van der Waals surface area contributed by atoms with Gasteiger partial charge in [0.1, 0.15) is 0 Å². The van der Waals surface area contributed by atoms with Gasteiger partial charge in [0.05, 0.1) is 37.4 Å². The summed E-state index contributed by atoms with van der Waals surface area (Å²) in [6.07, 6.45) is -2.84. The second-order valence-electron chi connectivity index (χ2n) is 4.96. The second kappa shape index (κ2) is 9.41. The zero-order valence-corrected chi connectivity index (χ0v) is 12.8. The van der Waals surface area contributed by atoms with Gasteiger partial charge in [0.2, 0.25) is 0 Å². The Labute approximate surface area is 140 Å². The Morgan fingerprint density at radius 2 is 0.800 bits per heavy atom. The molecule has 0 aliphatic heterocycles. The number of carbonyl (C=O) groups is 6. The van der Waals surface area contributed by atoms with E-state index >= 15 is 0 Å². The van der Waals surface area contributed by atoms with E-state index in [4.69, 9.17) is 32.5 Å². The van der Waals surface area contributed by atoms with Crippen molar-refractivity contribution < 1.29 is 44.1 Å². The molecule has 0 aromatic carbocycles. The van der Waals surface area contributed by atoms with E-state index < -0.39 is 73.0 Å². The van der Waals surface area contributed by atoms with Crippen molar-refractivity contribution >= 4 is 35.6 Å². The van der Waals surface area contributed by atoms with Gasteiger partial charge in [0, 0.05) is 0 Å². The van der Waals surface area contributed by atoms with Gasteiger partial charge in [0.25, 0.3) is 17.7 Å². The number of imide groups is 3. The van der Waals surface area contributed by atoms with Crippen LogP contribution in [0.5, 0.6) is 0 Å². The number of rotatable bonds is 9. The molecule has 0 saturated carbocycles. The van der Waals surface area contributed by atoms with E-state index in [-0.39, 0.29) is 4.90 Å². The van der Waals surface area contributed by atoms with Gasteiger partial charge in [-0.2, -0.15) is 0 Å². The maximum Gasteiger partial charge on any atom is 0.305 e. The van der Waals surface area contributed by atoms with Gasteiger partial charge in [-0.3, -0.25) is 28.8 Å². The van der Waals surface area contributed by atoms with E-state index in [1.54, 1.807) is 0 Å². The molecule has 0 fully saturated rings. The second-order valence-corrected chi connectivity index (χ2v) is 4.96. The third kappa shape index (κ3) is 7.03. The third-order valence-electron chi connectivity index (χ3n) is 2.80. The fraction of sp³-hybridized carbons (Fsp3) is 0.500.